The monoisotopic (exact) mass is 317 g/mol. The van der Waals surface area contributed by atoms with Crippen LogP contribution in [0.15, 0.2) is 17.1 Å². The van der Waals surface area contributed by atoms with Gasteiger partial charge in [0.1, 0.15) is 5.82 Å². The molecule has 0 aliphatic carbocycles. The average Bonchev–Trinajstić information content (AvgIpc) is 2.54. The number of piperidine rings is 1. The molecule has 0 radical (unpaired) electrons. The van der Waals surface area contributed by atoms with Crippen molar-refractivity contribution < 1.29 is 9.47 Å². The largest absolute Gasteiger partial charge is 0.481 e. The lowest BCUT2D eigenvalue weighted by Crippen LogP contribution is -2.51. The first kappa shape index (κ1) is 15.9. The highest BCUT2D eigenvalue weighted by molar-refractivity contribution is 5.93. The third-order valence-electron chi connectivity index (χ3n) is 4.59. The second-order valence-corrected chi connectivity index (χ2v) is 5.93. The molecule has 23 heavy (non-hydrogen) atoms. The highest BCUT2D eigenvalue weighted by Crippen LogP contribution is 2.35. The maximum absolute atomic E-state index is 7.50. The number of ether oxygens (including phenoxy) is 2. The quantitative estimate of drug-likeness (QED) is 0.652. The molecule has 0 atom stereocenters. The van der Waals surface area contributed by atoms with Gasteiger partial charge in [0.25, 0.3) is 0 Å². The summed E-state index contributed by atoms with van der Waals surface area (Å²) in [6.07, 6.45) is 2.21. The molecule has 0 spiro atoms. The van der Waals surface area contributed by atoms with Crippen molar-refractivity contribution in [2.24, 2.45) is 4.99 Å². The number of rotatable bonds is 4. The maximum Gasteiger partial charge on any atom is 0.220 e. The number of likely N-dealkylation sites (tertiary alicyclic amines) is 1. The van der Waals surface area contributed by atoms with E-state index in [9.17, 15) is 0 Å². The molecule has 124 valence electrons. The van der Waals surface area contributed by atoms with Crippen LogP contribution in [0, 0.1) is 5.41 Å². The second-order valence-electron chi connectivity index (χ2n) is 5.93. The van der Waals surface area contributed by atoms with Crippen molar-refractivity contribution in [2.75, 3.05) is 38.7 Å². The third-order valence-corrected chi connectivity index (χ3v) is 4.59. The number of hydrogen-bond acceptors (Lipinski definition) is 5. The van der Waals surface area contributed by atoms with E-state index in [0.29, 0.717) is 23.7 Å². The Morgan fingerprint density at radius 1 is 1.43 bits per heavy atom. The van der Waals surface area contributed by atoms with Crippen molar-refractivity contribution >= 4 is 18.5 Å². The van der Waals surface area contributed by atoms with Crippen LogP contribution in [0.1, 0.15) is 24.3 Å². The summed E-state index contributed by atoms with van der Waals surface area (Å²) in [5, 5.41) is 10.3. The highest BCUT2D eigenvalue weighted by atomic mass is 16.5. The van der Waals surface area contributed by atoms with E-state index in [1.807, 2.05) is 12.1 Å². The number of nitrogens with one attached hydrogen (secondary N) is 2. The molecule has 3 rings (SSSR count). The number of anilines is 1. The molecule has 3 heterocycles. The summed E-state index contributed by atoms with van der Waals surface area (Å²) in [6.45, 7) is 7.24. The molecular weight excluding hydrogens is 294 g/mol. The van der Waals surface area contributed by atoms with Crippen molar-refractivity contribution in [1.82, 2.24) is 9.88 Å². The predicted octanol–water partition coefficient (Wildman–Crippen LogP) is 1.72. The van der Waals surface area contributed by atoms with E-state index in [2.05, 4.69) is 26.9 Å². The standard InChI is InChI=1S/C16H23N5O2/c1-18-16(17)20-14-4-3-13(15(19-14)22-2)11-5-7-21(8-6-11)12-9-23-10-12/h3-4,11-12H,1,5-10H2,2H3,(H2,17,19,20). The summed E-state index contributed by atoms with van der Waals surface area (Å²) >= 11 is 0. The number of aliphatic imine (C=N–C) groups is 1. The molecule has 0 amide bonds. The fourth-order valence-corrected chi connectivity index (χ4v) is 3.17. The first-order chi connectivity index (χ1) is 11.2. The summed E-state index contributed by atoms with van der Waals surface area (Å²) in [4.78, 5) is 10.5. The van der Waals surface area contributed by atoms with Crippen molar-refractivity contribution in [3.8, 4) is 5.88 Å². The molecular formula is C16H23N5O2. The SMILES string of the molecule is C=NC(=N)Nc1ccc(C2CCN(C3COC3)CC2)c(OC)n1. The van der Waals surface area contributed by atoms with E-state index in [-0.39, 0.29) is 5.96 Å². The third kappa shape index (κ3) is 3.51. The zero-order chi connectivity index (χ0) is 16.2. The van der Waals surface area contributed by atoms with Gasteiger partial charge in [-0.2, -0.15) is 4.98 Å². The maximum atomic E-state index is 7.50. The normalized spacial score (nSPS) is 19.9. The summed E-state index contributed by atoms with van der Waals surface area (Å²) in [6, 6.07) is 4.51. The molecule has 7 heteroatoms. The Balaban J connectivity index is 1.67. The molecule has 2 aliphatic rings. The van der Waals surface area contributed by atoms with Crippen LogP contribution in [0.3, 0.4) is 0 Å². The van der Waals surface area contributed by atoms with Gasteiger partial charge in [-0.15, -0.1) is 0 Å². The predicted molar refractivity (Wildman–Crippen MR) is 89.8 cm³/mol. The van der Waals surface area contributed by atoms with Gasteiger partial charge in [-0.1, -0.05) is 0 Å². The van der Waals surface area contributed by atoms with Gasteiger partial charge in [0.05, 0.1) is 26.4 Å². The fourth-order valence-electron chi connectivity index (χ4n) is 3.17. The summed E-state index contributed by atoms with van der Waals surface area (Å²) < 4.78 is 10.7. The van der Waals surface area contributed by atoms with Crippen LogP contribution in [-0.2, 0) is 4.74 Å². The zero-order valence-electron chi connectivity index (χ0n) is 13.4. The Bertz CT molecular complexity index is 580. The first-order valence-electron chi connectivity index (χ1n) is 7.90. The smallest absolute Gasteiger partial charge is 0.220 e. The van der Waals surface area contributed by atoms with Crippen LogP contribution in [-0.4, -0.2) is 62.0 Å². The van der Waals surface area contributed by atoms with Gasteiger partial charge in [0.2, 0.25) is 11.8 Å². The van der Waals surface area contributed by atoms with Crippen LogP contribution in [0.25, 0.3) is 0 Å². The Hall–Kier alpha value is -1.99. The van der Waals surface area contributed by atoms with Crippen molar-refractivity contribution in [3.63, 3.8) is 0 Å². The molecule has 0 bridgehead atoms. The lowest BCUT2D eigenvalue weighted by Gasteiger charge is -2.41. The van der Waals surface area contributed by atoms with E-state index < -0.39 is 0 Å². The van der Waals surface area contributed by atoms with Gasteiger partial charge in [0.15, 0.2) is 0 Å². The molecule has 1 aromatic rings. The molecule has 7 nitrogen and oxygen atoms in total. The number of pyridine rings is 1. The van der Waals surface area contributed by atoms with Crippen LogP contribution in [0.2, 0.25) is 0 Å². The van der Waals surface area contributed by atoms with Gasteiger partial charge in [-0.05, 0) is 50.7 Å². The van der Waals surface area contributed by atoms with E-state index in [4.69, 9.17) is 14.9 Å². The summed E-state index contributed by atoms with van der Waals surface area (Å²) in [7, 11) is 1.63. The second kappa shape index (κ2) is 7.06. The van der Waals surface area contributed by atoms with Crippen LogP contribution in [0.4, 0.5) is 5.82 Å². The number of guanidine groups is 1. The minimum Gasteiger partial charge on any atom is -0.481 e. The minimum absolute atomic E-state index is 0.0247. The van der Waals surface area contributed by atoms with Crippen LogP contribution in [0.5, 0.6) is 5.88 Å². The lowest BCUT2D eigenvalue weighted by atomic mass is 9.89. The van der Waals surface area contributed by atoms with E-state index >= 15 is 0 Å². The Morgan fingerprint density at radius 2 is 2.17 bits per heavy atom. The molecule has 0 unspecified atom stereocenters. The molecule has 2 fully saturated rings. The molecule has 2 N–H and O–H groups in total. The van der Waals surface area contributed by atoms with E-state index in [0.717, 1.165) is 44.7 Å². The van der Waals surface area contributed by atoms with Crippen LogP contribution >= 0.6 is 0 Å². The number of hydrogen-bond donors (Lipinski definition) is 2. The van der Waals surface area contributed by atoms with Crippen molar-refractivity contribution in [2.45, 2.75) is 24.8 Å². The zero-order valence-corrected chi connectivity index (χ0v) is 13.4. The minimum atomic E-state index is -0.0247. The number of aromatic nitrogens is 1. The highest BCUT2D eigenvalue weighted by Gasteiger charge is 2.31. The van der Waals surface area contributed by atoms with Gasteiger partial charge in [0, 0.05) is 5.56 Å². The Kier molecular flexibility index (Phi) is 4.88. The van der Waals surface area contributed by atoms with Crippen molar-refractivity contribution in [3.05, 3.63) is 17.7 Å². The number of nitrogens with zero attached hydrogens (tertiary/aromatic N) is 3. The van der Waals surface area contributed by atoms with Crippen molar-refractivity contribution in [1.29, 1.82) is 5.41 Å². The fraction of sp³-hybridized carbons (Fsp3) is 0.562. The average molecular weight is 317 g/mol. The molecule has 0 aromatic carbocycles. The van der Waals surface area contributed by atoms with Gasteiger partial charge in [-0.25, -0.2) is 4.99 Å². The lowest BCUT2D eigenvalue weighted by molar-refractivity contribution is -0.0713. The van der Waals surface area contributed by atoms with Gasteiger partial charge in [-0.3, -0.25) is 10.3 Å². The molecule has 0 saturated carbocycles. The molecule has 1 aromatic heterocycles. The Morgan fingerprint density at radius 3 is 2.74 bits per heavy atom. The van der Waals surface area contributed by atoms with Gasteiger partial charge >= 0.3 is 0 Å². The number of methoxy groups -OCH3 is 1. The summed E-state index contributed by atoms with van der Waals surface area (Å²) in [5.41, 5.74) is 1.14. The van der Waals surface area contributed by atoms with Crippen LogP contribution < -0.4 is 10.1 Å². The molecule has 2 saturated heterocycles. The summed E-state index contributed by atoms with van der Waals surface area (Å²) in [5.74, 6) is 1.60. The van der Waals surface area contributed by atoms with E-state index in [1.165, 1.54) is 0 Å². The van der Waals surface area contributed by atoms with Gasteiger partial charge < -0.3 is 14.8 Å². The van der Waals surface area contributed by atoms with E-state index in [1.54, 1.807) is 7.11 Å². The first-order valence-corrected chi connectivity index (χ1v) is 7.90. The molecule has 2 aliphatic heterocycles. The Labute approximate surface area is 136 Å². The topological polar surface area (TPSA) is 82.8 Å².